The molecule has 2 atom stereocenters. The highest BCUT2D eigenvalue weighted by molar-refractivity contribution is 5.21. The van der Waals surface area contributed by atoms with Crippen molar-refractivity contribution in [2.24, 2.45) is 5.92 Å². The average Bonchev–Trinajstić information content (AvgIpc) is 2.75. The Hall–Kier alpha value is -0.930. The van der Waals surface area contributed by atoms with Crippen LogP contribution in [0.15, 0.2) is 18.3 Å². The summed E-state index contributed by atoms with van der Waals surface area (Å²) in [4.78, 5) is 4.48. The van der Waals surface area contributed by atoms with Crippen LogP contribution in [0.2, 0.25) is 0 Å². The summed E-state index contributed by atoms with van der Waals surface area (Å²) in [6.07, 6.45) is 2.99. The minimum absolute atomic E-state index is 0.327. The zero-order valence-electron chi connectivity index (χ0n) is 9.36. The molecule has 2 rings (SSSR count). The molecule has 1 saturated heterocycles. The molecule has 0 bridgehead atoms. The zero-order valence-corrected chi connectivity index (χ0v) is 9.36. The van der Waals surface area contributed by atoms with E-state index in [1.54, 1.807) is 0 Å². The lowest BCUT2D eigenvalue weighted by Gasteiger charge is -2.22. The SMILES string of the molecule is CNC(c1ncccc1C)C1CCOC1. The first-order valence-electron chi connectivity index (χ1n) is 5.49. The van der Waals surface area contributed by atoms with Crippen LogP contribution < -0.4 is 5.32 Å². The van der Waals surface area contributed by atoms with Crippen LogP contribution in [0.25, 0.3) is 0 Å². The van der Waals surface area contributed by atoms with Crippen LogP contribution in [-0.2, 0) is 4.74 Å². The van der Waals surface area contributed by atoms with E-state index in [9.17, 15) is 0 Å². The molecular weight excluding hydrogens is 188 g/mol. The van der Waals surface area contributed by atoms with Crippen LogP contribution in [0.4, 0.5) is 0 Å². The fourth-order valence-corrected chi connectivity index (χ4v) is 2.23. The Kier molecular flexibility index (Phi) is 3.34. The van der Waals surface area contributed by atoms with Crippen LogP contribution in [0, 0.1) is 12.8 Å². The molecule has 2 unspecified atom stereocenters. The van der Waals surface area contributed by atoms with Crippen LogP contribution in [-0.4, -0.2) is 25.2 Å². The number of nitrogens with one attached hydrogen (secondary N) is 1. The van der Waals surface area contributed by atoms with Gasteiger partial charge in [0.05, 0.1) is 18.3 Å². The van der Waals surface area contributed by atoms with Crippen molar-refractivity contribution in [2.45, 2.75) is 19.4 Å². The minimum Gasteiger partial charge on any atom is -0.381 e. The predicted octanol–water partition coefficient (Wildman–Crippen LogP) is 1.69. The van der Waals surface area contributed by atoms with E-state index in [-0.39, 0.29) is 0 Å². The summed E-state index contributed by atoms with van der Waals surface area (Å²) in [6, 6.07) is 4.42. The molecule has 0 amide bonds. The summed E-state index contributed by atoms with van der Waals surface area (Å²) in [5.74, 6) is 0.559. The molecule has 15 heavy (non-hydrogen) atoms. The number of hydrogen-bond acceptors (Lipinski definition) is 3. The summed E-state index contributed by atoms with van der Waals surface area (Å²) >= 11 is 0. The van der Waals surface area contributed by atoms with Gasteiger partial charge in [0.2, 0.25) is 0 Å². The lowest BCUT2D eigenvalue weighted by molar-refractivity contribution is 0.177. The maximum absolute atomic E-state index is 5.43. The number of ether oxygens (including phenoxy) is 1. The van der Waals surface area contributed by atoms with Gasteiger partial charge in [-0.25, -0.2) is 0 Å². The number of hydrogen-bond donors (Lipinski definition) is 1. The van der Waals surface area contributed by atoms with Gasteiger partial charge >= 0.3 is 0 Å². The maximum atomic E-state index is 5.43. The fraction of sp³-hybridized carbons (Fsp3) is 0.583. The fourth-order valence-electron chi connectivity index (χ4n) is 2.23. The molecule has 0 radical (unpaired) electrons. The summed E-state index contributed by atoms with van der Waals surface area (Å²) in [5, 5.41) is 3.36. The third-order valence-corrected chi connectivity index (χ3v) is 3.09. The van der Waals surface area contributed by atoms with Crippen molar-refractivity contribution in [3.63, 3.8) is 0 Å². The van der Waals surface area contributed by atoms with Crippen molar-refractivity contribution in [2.75, 3.05) is 20.3 Å². The number of aryl methyl sites for hydroxylation is 1. The Morgan fingerprint density at radius 2 is 2.47 bits per heavy atom. The summed E-state index contributed by atoms with van der Waals surface area (Å²) in [7, 11) is 2.00. The molecule has 3 heteroatoms. The second-order valence-electron chi connectivity index (χ2n) is 4.10. The van der Waals surface area contributed by atoms with Gasteiger partial charge in [0.15, 0.2) is 0 Å². The maximum Gasteiger partial charge on any atom is 0.0605 e. The molecule has 0 spiro atoms. The Morgan fingerprint density at radius 3 is 3.07 bits per heavy atom. The molecule has 3 nitrogen and oxygen atoms in total. The van der Waals surface area contributed by atoms with E-state index in [1.165, 1.54) is 5.56 Å². The van der Waals surface area contributed by atoms with Gasteiger partial charge in [0.25, 0.3) is 0 Å². The van der Waals surface area contributed by atoms with Crippen LogP contribution >= 0.6 is 0 Å². The average molecular weight is 206 g/mol. The van der Waals surface area contributed by atoms with Crippen molar-refractivity contribution in [1.82, 2.24) is 10.3 Å². The molecule has 0 aliphatic carbocycles. The van der Waals surface area contributed by atoms with Crippen molar-refractivity contribution in [1.29, 1.82) is 0 Å². The molecule has 1 N–H and O–H groups in total. The molecule has 1 fully saturated rings. The molecule has 1 aromatic rings. The third kappa shape index (κ3) is 2.19. The Labute approximate surface area is 90.9 Å². The quantitative estimate of drug-likeness (QED) is 0.817. The molecule has 82 valence electrons. The van der Waals surface area contributed by atoms with Gasteiger partial charge in [-0.15, -0.1) is 0 Å². The van der Waals surface area contributed by atoms with E-state index >= 15 is 0 Å². The van der Waals surface area contributed by atoms with Gasteiger partial charge in [-0.05, 0) is 32.0 Å². The first-order chi connectivity index (χ1) is 7.33. The first-order valence-corrected chi connectivity index (χ1v) is 5.49. The molecule has 1 aliphatic heterocycles. The zero-order chi connectivity index (χ0) is 10.7. The number of rotatable bonds is 3. The van der Waals surface area contributed by atoms with Crippen LogP contribution in [0.1, 0.15) is 23.7 Å². The summed E-state index contributed by atoms with van der Waals surface area (Å²) in [5.41, 5.74) is 2.42. The second-order valence-corrected chi connectivity index (χ2v) is 4.10. The van der Waals surface area contributed by atoms with Crippen molar-refractivity contribution >= 4 is 0 Å². The van der Waals surface area contributed by atoms with Crippen molar-refractivity contribution in [3.05, 3.63) is 29.6 Å². The summed E-state index contributed by atoms with van der Waals surface area (Å²) in [6.45, 7) is 3.85. The molecule has 0 aromatic carbocycles. The lowest BCUT2D eigenvalue weighted by Crippen LogP contribution is -2.27. The van der Waals surface area contributed by atoms with Gasteiger partial charge in [-0.3, -0.25) is 4.98 Å². The Bertz CT molecular complexity index is 321. The van der Waals surface area contributed by atoms with Gasteiger partial charge in [0, 0.05) is 18.7 Å². The molecular formula is C12H18N2O. The monoisotopic (exact) mass is 206 g/mol. The second kappa shape index (κ2) is 4.73. The summed E-state index contributed by atoms with van der Waals surface area (Å²) < 4.78 is 5.43. The number of pyridine rings is 1. The van der Waals surface area contributed by atoms with E-state index in [4.69, 9.17) is 4.74 Å². The highest BCUT2D eigenvalue weighted by atomic mass is 16.5. The van der Waals surface area contributed by atoms with E-state index in [1.807, 2.05) is 19.3 Å². The van der Waals surface area contributed by atoms with Gasteiger partial charge < -0.3 is 10.1 Å². The highest BCUT2D eigenvalue weighted by Crippen LogP contribution is 2.28. The van der Waals surface area contributed by atoms with E-state index in [0.717, 1.165) is 25.3 Å². The molecule has 1 aromatic heterocycles. The van der Waals surface area contributed by atoms with E-state index < -0.39 is 0 Å². The number of aromatic nitrogens is 1. The van der Waals surface area contributed by atoms with Crippen molar-refractivity contribution in [3.8, 4) is 0 Å². The molecule has 2 heterocycles. The number of nitrogens with zero attached hydrogens (tertiary/aromatic N) is 1. The van der Waals surface area contributed by atoms with Gasteiger partial charge in [-0.2, -0.15) is 0 Å². The van der Waals surface area contributed by atoms with Crippen molar-refractivity contribution < 1.29 is 4.74 Å². The van der Waals surface area contributed by atoms with Gasteiger partial charge in [-0.1, -0.05) is 6.07 Å². The highest BCUT2D eigenvalue weighted by Gasteiger charge is 2.27. The lowest BCUT2D eigenvalue weighted by atomic mass is 9.94. The topological polar surface area (TPSA) is 34.2 Å². The smallest absolute Gasteiger partial charge is 0.0605 e. The molecule has 1 aliphatic rings. The van der Waals surface area contributed by atoms with Crippen LogP contribution in [0.5, 0.6) is 0 Å². The Balaban J connectivity index is 2.22. The standard InChI is InChI=1S/C12H18N2O/c1-9-4-3-6-14-11(9)12(13-2)10-5-7-15-8-10/h3-4,6,10,12-13H,5,7-8H2,1-2H3. The minimum atomic E-state index is 0.327. The molecule has 0 saturated carbocycles. The van der Waals surface area contributed by atoms with Gasteiger partial charge in [0.1, 0.15) is 0 Å². The van der Waals surface area contributed by atoms with E-state index in [0.29, 0.717) is 12.0 Å². The largest absolute Gasteiger partial charge is 0.381 e. The third-order valence-electron chi connectivity index (χ3n) is 3.09. The Morgan fingerprint density at radius 1 is 1.60 bits per heavy atom. The normalized spacial score (nSPS) is 22.9. The van der Waals surface area contributed by atoms with Crippen LogP contribution in [0.3, 0.4) is 0 Å². The predicted molar refractivity (Wildman–Crippen MR) is 59.7 cm³/mol. The van der Waals surface area contributed by atoms with E-state index in [2.05, 4.69) is 23.3 Å². The first kappa shape index (κ1) is 10.6.